The fourth-order valence-electron chi connectivity index (χ4n) is 3.71. The summed E-state index contributed by atoms with van der Waals surface area (Å²) in [6, 6.07) is 28.9. The molecule has 0 unspecified atom stereocenters. The first-order valence-electron chi connectivity index (χ1n) is 16.6. The van der Waals surface area contributed by atoms with E-state index in [0.29, 0.717) is 30.9 Å². The van der Waals surface area contributed by atoms with Crippen molar-refractivity contribution in [2.45, 2.75) is 12.8 Å². The molecule has 0 aliphatic carbocycles. The van der Waals surface area contributed by atoms with Crippen LogP contribution in [-0.2, 0) is 4.74 Å². The summed E-state index contributed by atoms with van der Waals surface area (Å²) in [6.45, 7) is 17.8. The third-order valence-electron chi connectivity index (χ3n) is 6.31. The lowest BCUT2D eigenvalue weighted by Gasteiger charge is -2.03. The number of allylic oxidation sites excluding steroid dienone is 1. The van der Waals surface area contributed by atoms with Crippen molar-refractivity contribution >= 4 is 40.7 Å². The number of rotatable bonds is 14. The molecule has 0 spiro atoms. The summed E-state index contributed by atoms with van der Waals surface area (Å²) in [5, 5.41) is 9.63. The highest BCUT2D eigenvalue weighted by Gasteiger charge is 1.96. The monoisotopic (exact) mass is 768 g/mol. The molecule has 0 aromatic heterocycles. The van der Waals surface area contributed by atoms with Crippen LogP contribution in [0.5, 0.6) is 23.0 Å². The molecule has 274 valence electrons. The van der Waals surface area contributed by atoms with Crippen LogP contribution in [0.25, 0.3) is 12.2 Å². The molecule has 8 heteroatoms. The lowest BCUT2D eigenvalue weighted by molar-refractivity contribution is 0.111. The smallest absolute Gasteiger partial charge is 0.150 e. The number of phenolic OH excluding ortho intramolecular Hbond substituents is 1. The molecular formula is C44H49BrO7. The molecule has 7 nitrogen and oxygen atoms in total. The van der Waals surface area contributed by atoms with E-state index in [1.807, 2.05) is 48.5 Å². The predicted octanol–water partition coefficient (Wildman–Crippen LogP) is 10.6. The number of carbonyl (C=O) groups excluding carboxylic acids is 2. The average molecular weight is 770 g/mol. The number of alkyl halides is 1. The summed E-state index contributed by atoms with van der Waals surface area (Å²) < 4.78 is 21.1. The van der Waals surface area contributed by atoms with Crippen molar-refractivity contribution in [3.05, 3.63) is 170 Å². The van der Waals surface area contributed by atoms with Crippen molar-refractivity contribution in [2.75, 3.05) is 38.4 Å². The third kappa shape index (κ3) is 22.3. The molecule has 1 saturated heterocycles. The topological polar surface area (TPSA) is 91.3 Å². The van der Waals surface area contributed by atoms with Gasteiger partial charge in [0.25, 0.3) is 0 Å². The predicted molar refractivity (Wildman–Crippen MR) is 218 cm³/mol. The summed E-state index contributed by atoms with van der Waals surface area (Å²) in [7, 11) is 0. The summed E-state index contributed by atoms with van der Waals surface area (Å²) in [5.41, 5.74) is 3.48. The highest BCUT2D eigenvalue weighted by Crippen LogP contribution is 2.17. The lowest BCUT2D eigenvalue weighted by atomic mass is 10.1. The first-order valence-corrected chi connectivity index (χ1v) is 17.7. The van der Waals surface area contributed by atoms with Crippen LogP contribution in [0.4, 0.5) is 0 Å². The molecule has 4 aromatic carbocycles. The maximum absolute atomic E-state index is 10.3. The van der Waals surface area contributed by atoms with Crippen LogP contribution in [-0.4, -0.2) is 56.0 Å². The second-order valence-corrected chi connectivity index (χ2v) is 11.1. The van der Waals surface area contributed by atoms with Crippen LogP contribution in [0.1, 0.15) is 44.7 Å². The van der Waals surface area contributed by atoms with Gasteiger partial charge in [0.15, 0.2) is 0 Å². The quantitative estimate of drug-likeness (QED) is 0.0591. The van der Waals surface area contributed by atoms with Crippen molar-refractivity contribution < 1.29 is 33.6 Å². The fourth-order valence-corrected chi connectivity index (χ4v) is 3.71. The van der Waals surface area contributed by atoms with Gasteiger partial charge in [-0.3, -0.25) is 9.59 Å². The van der Waals surface area contributed by atoms with E-state index in [0.717, 1.165) is 59.5 Å². The molecule has 4 aromatic rings. The Kier molecular flexibility index (Phi) is 26.1. The fraction of sp³-hybridized carbons (Fsp3) is 0.182. The number of halogens is 1. The molecule has 1 fully saturated rings. The Balaban J connectivity index is 0.000000376. The van der Waals surface area contributed by atoms with Gasteiger partial charge in [0, 0.05) is 29.7 Å². The van der Waals surface area contributed by atoms with Crippen LogP contribution in [0.2, 0.25) is 0 Å². The van der Waals surface area contributed by atoms with Crippen molar-refractivity contribution in [1.29, 1.82) is 0 Å². The van der Waals surface area contributed by atoms with Crippen LogP contribution in [0, 0.1) is 0 Å². The molecule has 1 aliphatic heterocycles. The van der Waals surface area contributed by atoms with Crippen molar-refractivity contribution in [2.24, 2.45) is 0 Å². The Morgan fingerprint density at radius 3 is 1.10 bits per heavy atom. The summed E-state index contributed by atoms with van der Waals surface area (Å²) in [4.78, 5) is 20.3. The van der Waals surface area contributed by atoms with Gasteiger partial charge in [-0.25, -0.2) is 0 Å². The number of hydrogen-bond donors (Lipinski definition) is 1. The highest BCUT2D eigenvalue weighted by molar-refractivity contribution is 9.09. The Morgan fingerprint density at radius 2 is 0.846 bits per heavy atom. The minimum absolute atomic E-state index is 0.181. The molecule has 0 radical (unpaired) electrons. The maximum atomic E-state index is 10.3. The molecule has 0 atom stereocenters. The maximum Gasteiger partial charge on any atom is 0.150 e. The largest absolute Gasteiger partial charge is 0.508 e. The van der Waals surface area contributed by atoms with Gasteiger partial charge < -0.3 is 24.1 Å². The molecule has 0 amide bonds. The molecule has 5 rings (SSSR count). The summed E-state index contributed by atoms with van der Waals surface area (Å²) >= 11 is 3.13. The molecule has 0 saturated carbocycles. The van der Waals surface area contributed by atoms with Gasteiger partial charge in [0.2, 0.25) is 0 Å². The number of carbonyl (C=O) groups is 2. The van der Waals surface area contributed by atoms with Gasteiger partial charge in [-0.15, -0.1) is 6.58 Å². The zero-order valence-corrected chi connectivity index (χ0v) is 31.2. The van der Waals surface area contributed by atoms with Gasteiger partial charge in [0.05, 0.1) is 0 Å². The van der Waals surface area contributed by atoms with Crippen LogP contribution in [0.15, 0.2) is 148 Å². The van der Waals surface area contributed by atoms with E-state index in [4.69, 9.17) is 24.1 Å². The minimum atomic E-state index is 0.181. The molecule has 1 N–H and O–H groups in total. The van der Waals surface area contributed by atoms with E-state index in [-0.39, 0.29) is 5.75 Å². The van der Waals surface area contributed by atoms with E-state index in [1.54, 1.807) is 60.7 Å². The van der Waals surface area contributed by atoms with E-state index in [1.165, 1.54) is 25.0 Å². The van der Waals surface area contributed by atoms with E-state index < -0.39 is 0 Å². The number of aromatic hydroxyl groups is 1. The number of phenols is 1. The van der Waals surface area contributed by atoms with Gasteiger partial charge in [0.1, 0.15) is 55.4 Å². The van der Waals surface area contributed by atoms with Crippen molar-refractivity contribution in [1.82, 2.24) is 0 Å². The number of aldehydes is 2. The van der Waals surface area contributed by atoms with Gasteiger partial charge in [-0.05, 0) is 96.8 Å². The molecule has 0 bridgehead atoms. The highest BCUT2D eigenvalue weighted by atomic mass is 79.9. The first kappa shape index (κ1) is 44.6. The number of benzene rings is 4. The lowest BCUT2D eigenvalue weighted by Crippen LogP contribution is -1.92. The molecular weight excluding hydrogens is 720 g/mol. The van der Waals surface area contributed by atoms with E-state index in [2.05, 4.69) is 54.4 Å². The minimum Gasteiger partial charge on any atom is -0.508 e. The van der Waals surface area contributed by atoms with Gasteiger partial charge in [-0.2, -0.15) is 0 Å². The molecule has 52 heavy (non-hydrogen) atoms. The Hall–Kier alpha value is -5.44. The first-order chi connectivity index (χ1) is 25.4. The summed E-state index contributed by atoms with van der Waals surface area (Å²) in [6.07, 6.45) is 15.2. The molecule has 1 heterocycles. The summed E-state index contributed by atoms with van der Waals surface area (Å²) in [5.74, 6) is 2.63. The van der Waals surface area contributed by atoms with Gasteiger partial charge in [-0.1, -0.05) is 96.4 Å². The van der Waals surface area contributed by atoms with Crippen molar-refractivity contribution in [3.63, 3.8) is 0 Å². The van der Waals surface area contributed by atoms with Gasteiger partial charge >= 0.3 is 0 Å². The van der Waals surface area contributed by atoms with E-state index in [9.17, 15) is 9.59 Å². The second kappa shape index (κ2) is 30.4. The van der Waals surface area contributed by atoms with Crippen LogP contribution in [0.3, 0.4) is 0 Å². The van der Waals surface area contributed by atoms with E-state index >= 15 is 0 Å². The number of ether oxygens (including phenoxy) is 4. The van der Waals surface area contributed by atoms with Crippen LogP contribution < -0.4 is 14.2 Å². The SMILES string of the molecule is C1CCOC1.C=CCBr.C=CCOc1ccc(/C=C/c2ccc(OCC=C)cc2)cc1.C=CCOc1ccc(C=O)cc1.O=Cc1ccc(O)cc1. The molecule has 1 aliphatic rings. The Morgan fingerprint density at radius 1 is 0.538 bits per heavy atom. The zero-order valence-electron chi connectivity index (χ0n) is 29.6. The Bertz CT molecular complexity index is 1510. The Labute approximate surface area is 317 Å². The second-order valence-electron chi connectivity index (χ2n) is 10.4. The number of hydrogen-bond acceptors (Lipinski definition) is 7. The van der Waals surface area contributed by atoms with Crippen LogP contribution >= 0.6 is 15.9 Å². The zero-order chi connectivity index (χ0) is 38.1. The average Bonchev–Trinajstić information content (AvgIpc) is 3.80. The normalized spacial score (nSPS) is 10.8. The standard InChI is InChI=1S/C20H20O2.C10H10O2.C7H6O2.C4H8O.C3H5Br/c1-3-15-21-19-11-7-17(8-12-19)5-6-18-9-13-20(14-10-18)22-16-4-2;1-2-7-12-10-5-3-9(8-11)4-6-10;8-5-6-1-3-7(9)4-2-6;1-2-4-5-3-1;1-2-3-4/h3-14H,1-2,15-16H2;2-6,8H,1,7H2;1-5,9H;1-4H2;2H,1,3H2/b6-5+;;;;. The third-order valence-corrected chi connectivity index (χ3v) is 6.77. The van der Waals surface area contributed by atoms with Crippen molar-refractivity contribution in [3.8, 4) is 23.0 Å².